The lowest BCUT2D eigenvalue weighted by Gasteiger charge is -2.37. The molecule has 2 heterocycles. The molecule has 3 rings (SSSR count). The van der Waals surface area contributed by atoms with Crippen molar-refractivity contribution in [3.8, 4) is 0 Å². The third kappa shape index (κ3) is 2.58. The van der Waals surface area contributed by atoms with Gasteiger partial charge in [0, 0.05) is 29.3 Å². The number of hydrogen-bond donors (Lipinski definition) is 0. The van der Waals surface area contributed by atoms with E-state index in [4.69, 9.17) is 4.74 Å². The lowest BCUT2D eigenvalue weighted by molar-refractivity contribution is -0.0488. The lowest BCUT2D eigenvalue weighted by Crippen LogP contribution is -2.49. The van der Waals surface area contributed by atoms with Crippen molar-refractivity contribution in [2.24, 2.45) is 0 Å². The second kappa shape index (κ2) is 5.24. The SMILES string of the molecule is CC1CN(CC2Cc3ccccc3S2)C(C)CO1. The smallest absolute Gasteiger partial charge is 0.0674 e. The number of fused-ring (bicyclic) bond motifs is 1. The fraction of sp³-hybridized carbons (Fsp3) is 0.600. The van der Waals surface area contributed by atoms with Gasteiger partial charge in [0.05, 0.1) is 12.7 Å². The number of thioether (sulfide) groups is 1. The van der Waals surface area contributed by atoms with E-state index in [-0.39, 0.29) is 0 Å². The summed E-state index contributed by atoms with van der Waals surface area (Å²) in [6.07, 6.45) is 1.61. The second-order valence-electron chi connectivity index (χ2n) is 5.50. The fourth-order valence-electron chi connectivity index (χ4n) is 2.84. The molecule has 2 nitrogen and oxygen atoms in total. The third-order valence-electron chi connectivity index (χ3n) is 3.89. The van der Waals surface area contributed by atoms with E-state index >= 15 is 0 Å². The normalized spacial score (nSPS) is 32.4. The van der Waals surface area contributed by atoms with Crippen LogP contribution < -0.4 is 0 Å². The van der Waals surface area contributed by atoms with Crippen molar-refractivity contribution in [3.05, 3.63) is 29.8 Å². The summed E-state index contributed by atoms with van der Waals surface area (Å²) < 4.78 is 5.70. The molecule has 0 aliphatic carbocycles. The molecule has 1 aromatic rings. The number of hydrogen-bond acceptors (Lipinski definition) is 3. The van der Waals surface area contributed by atoms with Crippen LogP contribution in [0.15, 0.2) is 29.2 Å². The Bertz CT molecular complexity index is 398. The van der Waals surface area contributed by atoms with Gasteiger partial charge < -0.3 is 4.74 Å². The van der Waals surface area contributed by atoms with Gasteiger partial charge in [-0.1, -0.05) is 18.2 Å². The highest BCUT2D eigenvalue weighted by Gasteiger charge is 2.29. The van der Waals surface area contributed by atoms with Crippen molar-refractivity contribution in [1.29, 1.82) is 0 Å². The van der Waals surface area contributed by atoms with Gasteiger partial charge in [0.1, 0.15) is 0 Å². The molecule has 1 aromatic carbocycles. The molecule has 0 saturated carbocycles. The molecule has 0 N–H and O–H groups in total. The molecular weight excluding hydrogens is 242 g/mol. The minimum Gasteiger partial charge on any atom is -0.376 e. The maximum Gasteiger partial charge on any atom is 0.0674 e. The Kier molecular flexibility index (Phi) is 3.64. The maximum atomic E-state index is 5.70. The largest absolute Gasteiger partial charge is 0.376 e. The van der Waals surface area contributed by atoms with Crippen LogP contribution in [-0.2, 0) is 11.2 Å². The molecule has 1 saturated heterocycles. The zero-order valence-electron chi connectivity index (χ0n) is 11.1. The molecular formula is C15H21NOS. The molecule has 1 fully saturated rings. The summed E-state index contributed by atoms with van der Waals surface area (Å²) in [4.78, 5) is 4.08. The minimum absolute atomic E-state index is 0.384. The molecule has 18 heavy (non-hydrogen) atoms. The average molecular weight is 263 g/mol. The predicted octanol–water partition coefficient (Wildman–Crippen LogP) is 2.81. The summed E-state index contributed by atoms with van der Waals surface area (Å²) in [6.45, 7) is 7.60. The molecule has 0 radical (unpaired) electrons. The van der Waals surface area contributed by atoms with E-state index in [0.29, 0.717) is 12.1 Å². The summed E-state index contributed by atoms with van der Waals surface area (Å²) in [5.41, 5.74) is 1.53. The number of morpholine rings is 1. The first kappa shape index (κ1) is 12.5. The molecule has 3 unspecified atom stereocenters. The molecule has 0 bridgehead atoms. The van der Waals surface area contributed by atoms with E-state index in [9.17, 15) is 0 Å². The number of benzene rings is 1. The van der Waals surface area contributed by atoms with Crippen molar-refractivity contribution < 1.29 is 4.74 Å². The first-order valence-corrected chi connectivity index (χ1v) is 7.70. The topological polar surface area (TPSA) is 12.5 Å². The quantitative estimate of drug-likeness (QED) is 0.814. The zero-order valence-corrected chi connectivity index (χ0v) is 12.0. The Morgan fingerprint density at radius 3 is 3.00 bits per heavy atom. The molecule has 0 amide bonds. The Morgan fingerprint density at radius 2 is 2.17 bits per heavy atom. The molecule has 98 valence electrons. The van der Waals surface area contributed by atoms with E-state index in [1.165, 1.54) is 23.4 Å². The summed E-state index contributed by atoms with van der Waals surface area (Å²) in [7, 11) is 0. The van der Waals surface area contributed by atoms with Crippen LogP contribution in [0, 0.1) is 0 Å². The van der Waals surface area contributed by atoms with Crippen molar-refractivity contribution in [3.63, 3.8) is 0 Å². The van der Waals surface area contributed by atoms with Crippen LogP contribution in [0.3, 0.4) is 0 Å². The van der Waals surface area contributed by atoms with Crippen LogP contribution in [0.5, 0.6) is 0 Å². The summed E-state index contributed by atoms with van der Waals surface area (Å²) >= 11 is 2.05. The Hall–Kier alpha value is -0.510. The first-order chi connectivity index (χ1) is 8.72. The van der Waals surface area contributed by atoms with Gasteiger partial charge in [-0.2, -0.15) is 0 Å². The Labute approximate surface area is 114 Å². The maximum absolute atomic E-state index is 5.70. The number of nitrogens with zero attached hydrogens (tertiary/aromatic N) is 1. The van der Waals surface area contributed by atoms with Crippen LogP contribution in [-0.4, -0.2) is 42.0 Å². The van der Waals surface area contributed by atoms with E-state index < -0.39 is 0 Å². The van der Waals surface area contributed by atoms with Gasteiger partial charge in [-0.25, -0.2) is 0 Å². The van der Waals surface area contributed by atoms with E-state index in [1.54, 1.807) is 0 Å². The second-order valence-corrected chi connectivity index (χ2v) is 6.84. The highest BCUT2D eigenvalue weighted by atomic mass is 32.2. The number of ether oxygens (including phenoxy) is 1. The van der Waals surface area contributed by atoms with Crippen molar-refractivity contribution >= 4 is 11.8 Å². The minimum atomic E-state index is 0.384. The van der Waals surface area contributed by atoms with Crippen LogP contribution >= 0.6 is 11.8 Å². The van der Waals surface area contributed by atoms with Gasteiger partial charge in [0.2, 0.25) is 0 Å². The summed E-state index contributed by atoms with van der Waals surface area (Å²) in [5, 5.41) is 0.718. The monoisotopic (exact) mass is 263 g/mol. The van der Waals surface area contributed by atoms with Crippen molar-refractivity contribution in [2.75, 3.05) is 19.7 Å². The number of rotatable bonds is 2. The average Bonchev–Trinajstić information content (AvgIpc) is 2.76. The van der Waals surface area contributed by atoms with Crippen molar-refractivity contribution in [1.82, 2.24) is 4.90 Å². The van der Waals surface area contributed by atoms with Gasteiger partial charge >= 0.3 is 0 Å². The fourth-order valence-corrected chi connectivity index (χ4v) is 4.19. The van der Waals surface area contributed by atoms with E-state index in [1.807, 2.05) is 0 Å². The van der Waals surface area contributed by atoms with E-state index in [2.05, 4.69) is 54.8 Å². The van der Waals surface area contributed by atoms with Crippen LogP contribution in [0.1, 0.15) is 19.4 Å². The molecule has 3 heteroatoms. The van der Waals surface area contributed by atoms with Crippen LogP contribution in [0.2, 0.25) is 0 Å². The zero-order chi connectivity index (χ0) is 12.5. The summed E-state index contributed by atoms with van der Waals surface area (Å²) in [5.74, 6) is 0. The van der Waals surface area contributed by atoms with Crippen molar-refractivity contribution in [2.45, 2.75) is 42.6 Å². The van der Waals surface area contributed by atoms with Gasteiger partial charge in [0.25, 0.3) is 0 Å². The highest BCUT2D eigenvalue weighted by molar-refractivity contribution is 8.00. The van der Waals surface area contributed by atoms with Crippen LogP contribution in [0.4, 0.5) is 0 Å². The molecule has 3 atom stereocenters. The Morgan fingerprint density at radius 1 is 1.33 bits per heavy atom. The highest BCUT2D eigenvalue weighted by Crippen LogP contribution is 2.37. The molecule has 0 spiro atoms. The standard InChI is InChI=1S/C15H21NOS/c1-11-10-17-12(2)8-16(11)9-14-7-13-5-3-4-6-15(13)18-14/h3-6,11-12,14H,7-10H2,1-2H3. The molecule has 2 aliphatic heterocycles. The summed E-state index contributed by atoms with van der Waals surface area (Å²) in [6, 6.07) is 9.39. The first-order valence-electron chi connectivity index (χ1n) is 6.82. The lowest BCUT2D eigenvalue weighted by atomic mass is 10.1. The van der Waals surface area contributed by atoms with Crippen LogP contribution in [0.25, 0.3) is 0 Å². The van der Waals surface area contributed by atoms with Gasteiger partial charge in [-0.05, 0) is 31.9 Å². The van der Waals surface area contributed by atoms with Gasteiger partial charge in [-0.15, -0.1) is 11.8 Å². The van der Waals surface area contributed by atoms with Gasteiger partial charge in [0.15, 0.2) is 0 Å². The molecule has 2 aliphatic rings. The third-order valence-corrected chi connectivity index (χ3v) is 5.19. The van der Waals surface area contributed by atoms with E-state index in [0.717, 1.165) is 18.4 Å². The Balaban J connectivity index is 1.62. The van der Waals surface area contributed by atoms with Gasteiger partial charge in [-0.3, -0.25) is 4.90 Å². The molecule has 0 aromatic heterocycles. The predicted molar refractivity (Wildman–Crippen MR) is 76.2 cm³/mol.